The molecule has 0 aliphatic rings. The summed E-state index contributed by atoms with van der Waals surface area (Å²) in [6, 6.07) is 13.7. The predicted molar refractivity (Wildman–Crippen MR) is 121 cm³/mol. The number of benzene rings is 2. The van der Waals surface area contributed by atoms with Gasteiger partial charge < -0.3 is 19.7 Å². The van der Waals surface area contributed by atoms with E-state index in [-0.39, 0.29) is 5.91 Å². The van der Waals surface area contributed by atoms with Crippen molar-refractivity contribution >= 4 is 22.9 Å². The van der Waals surface area contributed by atoms with Gasteiger partial charge >= 0.3 is 0 Å². The molecular weight excluding hydrogens is 398 g/mol. The van der Waals surface area contributed by atoms with Crippen molar-refractivity contribution in [2.75, 3.05) is 33.1 Å². The number of ether oxygens (including phenoxy) is 2. The third-order valence-corrected chi connectivity index (χ3v) is 5.74. The van der Waals surface area contributed by atoms with Crippen LogP contribution in [0.1, 0.15) is 18.2 Å². The number of methoxy groups -OCH3 is 2. The number of nitrogens with one attached hydrogen (secondary N) is 2. The van der Waals surface area contributed by atoms with E-state index in [9.17, 15) is 4.79 Å². The van der Waals surface area contributed by atoms with E-state index in [2.05, 4.69) is 12.2 Å². The maximum atomic E-state index is 12.5. The van der Waals surface area contributed by atoms with E-state index in [0.717, 1.165) is 38.8 Å². The van der Waals surface area contributed by atoms with Gasteiger partial charge in [-0.25, -0.2) is 4.98 Å². The Hall–Kier alpha value is -2.90. The number of hydrogen-bond acceptors (Lipinski definition) is 5. The van der Waals surface area contributed by atoms with Crippen LogP contribution in [0, 0.1) is 0 Å². The van der Waals surface area contributed by atoms with Crippen LogP contribution < -0.4 is 19.7 Å². The van der Waals surface area contributed by atoms with Crippen LogP contribution in [-0.2, 0) is 17.8 Å². The van der Waals surface area contributed by atoms with Crippen molar-refractivity contribution < 1.29 is 19.2 Å². The van der Waals surface area contributed by atoms with Gasteiger partial charge in [0.05, 0.1) is 21.3 Å². The van der Waals surface area contributed by atoms with Gasteiger partial charge in [-0.15, -0.1) is 11.3 Å². The number of amides is 1. The Bertz CT molecular complexity index is 1000. The van der Waals surface area contributed by atoms with E-state index in [1.54, 1.807) is 25.6 Å². The molecule has 2 aromatic carbocycles. The second kappa shape index (κ2) is 10.2. The average Bonchev–Trinajstić information content (AvgIpc) is 3.21. The Kier molecular flexibility index (Phi) is 7.43. The summed E-state index contributed by atoms with van der Waals surface area (Å²) >= 11 is 1.58. The Labute approximate surface area is 181 Å². The molecule has 1 heterocycles. The first-order valence-electron chi connectivity index (χ1n) is 9.89. The average molecular weight is 427 g/mol. The van der Waals surface area contributed by atoms with Crippen LogP contribution >= 0.6 is 11.3 Å². The van der Waals surface area contributed by atoms with Gasteiger partial charge in [0.2, 0.25) is 0 Å². The molecule has 6 nitrogen and oxygen atoms in total. The minimum atomic E-state index is 0.00347. The number of para-hydroxylation sites is 1. The van der Waals surface area contributed by atoms with Crippen LogP contribution in [0.5, 0.6) is 11.5 Å². The summed E-state index contributed by atoms with van der Waals surface area (Å²) in [4.78, 5) is 18.3. The van der Waals surface area contributed by atoms with E-state index in [0.29, 0.717) is 24.6 Å². The molecule has 158 valence electrons. The smallest absolute Gasteiger partial charge is 0.279 e. The fourth-order valence-electron chi connectivity index (χ4n) is 3.28. The van der Waals surface area contributed by atoms with Gasteiger partial charge in [0.1, 0.15) is 17.2 Å². The lowest BCUT2D eigenvalue weighted by Crippen LogP contribution is -3.08. The second-order valence-electron chi connectivity index (χ2n) is 7.08. The molecule has 7 heteroatoms. The summed E-state index contributed by atoms with van der Waals surface area (Å²) in [6.45, 7) is 3.13. The minimum Gasteiger partial charge on any atom is -0.493 e. The molecule has 0 spiro atoms. The zero-order valence-electron chi connectivity index (χ0n) is 17.8. The molecule has 0 radical (unpaired) electrons. The highest BCUT2D eigenvalue weighted by Gasteiger charge is 2.15. The Morgan fingerprint density at radius 3 is 2.63 bits per heavy atom. The van der Waals surface area contributed by atoms with Crippen molar-refractivity contribution in [3.63, 3.8) is 0 Å². The standard InChI is InChI=1S/C23H27N3O3S/c1-5-16-8-6-7-9-19(16)25-22(27)14-26(2)13-18-15-30-23(24-18)17-10-11-20(28-3)21(12-17)29-4/h6-12,15H,5,13-14H2,1-4H3,(H,25,27)/p+1. The molecule has 0 saturated carbocycles. The topological polar surface area (TPSA) is 64.9 Å². The predicted octanol–water partition coefficient (Wildman–Crippen LogP) is 3.04. The summed E-state index contributed by atoms with van der Waals surface area (Å²) in [6.07, 6.45) is 0.886. The number of thiazole rings is 1. The lowest BCUT2D eigenvalue weighted by atomic mass is 10.1. The van der Waals surface area contributed by atoms with Crippen LogP contribution in [0.4, 0.5) is 5.69 Å². The summed E-state index contributed by atoms with van der Waals surface area (Å²) < 4.78 is 10.7. The third-order valence-electron chi connectivity index (χ3n) is 4.80. The monoisotopic (exact) mass is 426 g/mol. The van der Waals surface area contributed by atoms with Crippen molar-refractivity contribution in [1.82, 2.24) is 4.98 Å². The van der Waals surface area contributed by atoms with E-state index < -0.39 is 0 Å². The largest absolute Gasteiger partial charge is 0.493 e. The first-order chi connectivity index (χ1) is 14.5. The van der Waals surface area contributed by atoms with Gasteiger partial charge in [-0.05, 0) is 36.2 Å². The van der Waals surface area contributed by atoms with Gasteiger partial charge in [0, 0.05) is 16.6 Å². The van der Waals surface area contributed by atoms with E-state index >= 15 is 0 Å². The molecule has 0 saturated heterocycles. The number of anilines is 1. The summed E-state index contributed by atoms with van der Waals surface area (Å²) in [7, 11) is 5.24. The number of aryl methyl sites for hydroxylation is 1. The summed E-state index contributed by atoms with van der Waals surface area (Å²) in [5.41, 5.74) is 3.98. The van der Waals surface area contributed by atoms with Gasteiger partial charge in [-0.3, -0.25) is 4.79 Å². The Morgan fingerprint density at radius 2 is 1.90 bits per heavy atom. The molecule has 3 aromatic rings. The number of quaternary nitrogens is 1. The molecule has 1 aromatic heterocycles. The highest BCUT2D eigenvalue weighted by molar-refractivity contribution is 7.13. The minimum absolute atomic E-state index is 0.00347. The molecule has 1 atom stereocenters. The number of rotatable bonds is 9. The van der Waals surface area contributed by atoms with Gasteiger partial charge in [-0.2, -0.15) is 0 Å². The van der Waals surface area contributed by atoms with Crippen molar-refractivity contribution in [3.8, 4) is 22.1 Å². The zero-order valence-corrected chi connectivity index (χ0v) is 18.6. The molecule has 0 aliphatic heterocycles. The molecule has 1 unspecified atom stereocenters. The normalized spacial score (nSPS) is 11.7. The van der Waals surface area contributed by atoms with Crippen molar-refractivity contribution in [3.05, 3.63) is 59.1 Å². The van der Waals surface area contributed by atoms with Crippen LogP contribution in [0.2, 0.25) is 0 Å². The van der Waals surface area contributed by atoms with Crippen LogP contribution in [-0.4, -0.2) is 38.7 Å². The molecule has 3 rings (SSSR count). The molecule has 0 fully saturated rings. The number of carbonyl (C=O) groups excluding carboxylic acids is 1. The van der Waals surface area contributed by atoms with E-state index in [1.807, 2.05) is 54.9 Å². The van der Waals surface area contributed by atoms with E-state index in [4.69, 9.17) is 14.5 Å². The number of hydrogen-bond donors (Lipinski definition) is 2. The fourth-order valence-corrected chi connectivity index (χ4v) is 4.10. The first-order valence-corrected chi connectivity index (χ1v) is 10.8. The maximum absolute atomic E-state index is 12.5. The first kappa shape index (κ1) is 21.8. The number of likely N-dealkylation sites (N-methyl/N-ethyl adjacent to an activating group) is 1. The van der Waals surface area contributed by atoms with Gasteiger partial charge in [0.25, 0.3) is 5.91 Å². The SMILES string of the molecule is CCc1ccccc1NC(=O)C[NH+](C)Cc1csc(-c2ccc(OC)c(OC)c2)n1. The molecular formula is C23H28N3O3S+. The second-order valence-corrected chi connectivity index (χ2v) is 7.94. The van der Waals surface area contributed by atoms with Crippen LogP contribution in [0.15, 0.2) is 47.8 Å². The van der Waals surface area contributed by atoms with Gasteiger partial charge in [0.15, 0.2) is 18.0 Å². The van der Waals surface area contributed by atoms with Crippen LogP contribution in [0.25, 0.3) is 10.6 Å². The van der Waals surface area contributed by atoms with Crippen molar-refractivity contribution in [2.24, 2.45) is 0 Å². The molecule has 30 heavy (non-hydrogen) atoms. The lowest BCUT2D eigenvalue weighted by molar-refractivity contribution is -0.885. The van der Waals surface area contributed by atoms with Crippen LogP contribution in [0.3, 0.4) is 0 Å². The lowest BCUT2D eigenvalue weighted by Gasteiger charge is -2.14. The molecule has 0 bridgehead atoms. The third kappa shape index (κ3) is 5.37. The van der Waals surface area contributed by atoms with Crippen molar-refractivity contribution in [2.45, 2.75) is 19.9 Å². The molecule has 1 amide bonds. The summed E-state index contributed by atoms with van der Waals surface area (Å²) in [5.74, 6) is 1.38. The molecule has 2 N–H and O–H groups in total. The van der Waals surface area contributed by atoms with Crippen molar-refractivity contribution in [1.29, 1.82) is 0 Å². The maximum Gasteiger partial charge on any atom is 0.279 e. The summed E-state index contributed by atoms with van der Waals surface area (Å²) in [5, 5.41) is 5.99. The quantitative estimate of drug-likeness (QED) is 0.552. The highest BCUT2D eigenvalue weighted by atomic mass is 32.1. The number of nitrogens with zero attached hydrogens (tertiary/aromatic N) is 1. The highest BCUT2D eigenvalue weighted by Crippen LogP contribution is 2.33. The fraction of sp³-hybridized carbons (Fsp3) is 0.304. The number of carbonyl (C=O) groups is 1. The number of aromatic nitrogens is 1. The Balaban J connectivity index is 1.61. The zero-order chi connectivity index (χ0) is 21.5. The Morgan fingerprint density at radius 1 is 1.13 bits per heavy atom. The van der Waals surface area contributed by atoms with E-state index in [1.165, 1.54) is 0 Å². The molecule has 0 aliphatic carbocycles. The van der Waals surface area contributed by atoms with Gasteiger partial charge in [-0.1, -0.05) is 25.1 Å².